The summed E-state index contributed by atoms with van der Waals surface area (Å²) in [5.74, 6) is 2.52. The topological polar surface area (TPSA) is 35.2 Å². The maximum absolute atomic E-state index is 6.71. The van der Waals surface area contributed by atoms with Crippen LogP contribution in [-0.2, 0) is 49.1 Å². The summed E-state index contributed by atoms with van der Waals surface area (Å²) in [6, 6.07) is 32.9. The van der Waals surface area contributed by atoms with Crippen LogP contribution in [0.5, 0.6) is 11.5 Å². The van der Waals surface area contributed by atoms with Crippen LogP contribution in [0.3, 0.4) is 0 Å². The third-order valence-corrected chi connectivity index (χ3v) is 13.9. The molecule has 3 heterocycles. The summed E-state index contributed by atoms with van der Waals surface area (Å²) in [5.41, 5.74) is 12.6. The van der Waals surface area contributed by atoms with Crippen molar-refractivity contribution < 1.29 is 24.1 Å². The Labute approximate surface area is 313 Å². The van der Waals surface area contributed by atoms with E-state index >= 15 is 0 Å². The first-order valence-electron chi connectivity index (χ1n) is 18.0. The Kier molecular flexibility index (Phi) is 7.57. The second kappa shape index (κ2) is 11.4. The van der Waals surface area contributed by atoms with Gasteiger partial charge in [0.05, 0.1) is 0 Å². The van der Waals surface area contributed by atoms with Gasteiger partial charge in [0, 0.05) is 6.20 Å². The minimum absolute atomic E-state index is 0.0105. The fourth-order valence-corrected chi connectivity index (χ4v) is 9.20. The van der Waals surface area contributed by atoms with E-state index in [2.05, 4.69) is 188 Å². The zero-order chi connectivity index (χ0) is 36.2. The molecule has 51 heavy (non-hydrogen) atoms. The number of pyridine rings is 1. The molecule has 0 saturated heterocycles. The molecule has 0 saturated carbocycles. The molecule has 2 aromatic heterocycles. The fourth-order valence-electron chi connectivity index (χ4n) is 8.36. The summed E-state index contributed by atoms with van der Waals surface area (Å²) >= 11 is 2.41. The van der Waals surface area contributed by atoms with E-state index in [-0.39, 0.29) is 21.7 Å². The molecule has 1 aliphatic carbocycles. The first-order chi connectivity index (χ1) is 24.0. The molecule has 8 rings (SSSR count). The zero-order valence-electron chi connectivity index (χ0n) is 31.5. The van der Waals surface area contributed by atoms with Crippen LogP contribution in [0.25, 0.3) is 16.7 Å². The van der Waals surface area contributed by atoms with Gasteiger partial charge in [0.25, 0.3) is 0 Å². The van der Waals surface area contributed by atoms with Crippen LogP contribution in [0.4, 0.5) is 17.2 Å². The van der Waals surface area contributed by atoms with Crippen LogP contribution in [0.15, 0.2) is 97.2 Å². The van der Waals surface area contributed by atoms with Gasteiger partial charge in [0.15, 0.2) is 0 Å². The average molecular weight is 856 g/mol. The number of aryl methyl sites for hydroxylation is 1. The van der Waals surface area contributed by atoms with Crippen molar-refractivity contribution in [3.8, 4) is 17.2 Å². The van der Waals surface area contributed by atoms with E-state index in [9.17, 15) is 0 Å². The van der Waals surface area contributed by atoms with Gasteiger partial charge in [-0.25, -0.2) is 0 Å². The first kappa shape index (κ1) is 33.9. The Morgan fingerprint density at radius 1 is 0.706 bits per heavy atom. The van der Waals surface area contributed by atoms with Gasteiger partial charge in [0.1, 0.15) is 0 Å². The number of nitrogens with zero attached hydrogens (tertiary/aromatic N) is 4. The Hall–Kier alpha value is -4.21. The molecule has 6 heteroatoms. The maximum atomic E-state index is 6.71. The van der Waals surface area contributed by atoms with Gasteiger partial charge in [-0.15, -0.1) is 0 Å². The normalized spacial score (nSPS) is 16.9. The third kappa shape index (κ3) is 5.05. The molecule has 0 amide bonds. The molecule has 0 atom stereocenters. The van der Waals surface area contributed by atoms with E-state index in [1.807, 2.05) is 12.3 Å². The van der Waals surface area contributed by atoms with Crippen LogP contribution in [0.2, 0.25) is 0 Å². The van der Waals surface area contributed by atoms with Gasteiger partial charge >= 0.3 is 196 Å². The van der Waals surface area contributed by atoms with Crippen molar-refractivity contribution in [1.29, 1.82) is 0 Å². The molecule has 0 radical (unpaired) electrons. The van der Waals surface area contributed by atoms with Crippen LogP contribution in [-0.4, -0.2) is 14.1 Å². The molecule has 0 bridgehead atoms. The molecule has 0 fully saturated rings. The number of rotatable bonds is 4. The second-order valence-corrected chi connectivity index (χ2v) is 18.1. The van der Waals surface area contributed by atoms with Crippen molar-refractivity contribution in [2.75, 3.05) is 4.90 Å². The molecular formula is C45H48N4OPt. The summed E-state index contributed by atoms with van der Waals surface area (Å²) in [6.45, 7) is 21.4. The molecule has 6 aromatic rings. The van der Waals surface area contributed by atoms with Crippen LogP contribution < -0.4 is 9.64 Å². The van der Waals surface area contributed by atoms with Crippen molar-refractivity contribution in [3.63, 3.8) is 0 Å². The Bertz CT molecular complexity index is 2440. The van der Waals surface area contributed by atoms with Crippen molar-refractivity contribution in [2.45, 2.75) is 85.0 Å². The number of para-hydroxylation sites is 2. The molecule has 2 aliphatic rings. The Balaban J connectivity index is 1.25. The van der Waals surface area contributed by atoms with E-state index in [0.717, 1.165) is 44.4 Å². The fraction of sp³-hybridized carbons (Fsp3) is 0.333. The number of imidazole rings is 1. The predicted molar refractivity (Wildman–Crippen MR) is 206 cm³/mol. The number of benzene rings is 4. The van der Waals surface area contributed by atoms with Crippen LogP contribution >= 0.6 is 0 Å². The van der Waals surface area contributed by atoms with Crippen molar-refractivity contribution >= 4 is 28.2 Å². The molecule has 0 N–H and O–H groups in total. The summed E-state index contributed by atoms with van der Waals surface area (Å²) in [4.78, 5) is 7.42. The SMILES string of the molecule is Cn1[c](=[Pt])n(-c2cccc(Oc3ccc4c(c3)N(c3cc(C(C)(C)C)ccn3)c3cc5c(cc3C4)C(C)(C)C(C)(C)C5(C)C)c2)c2ccccc21. The summed E-state index contributed by atoms with van der Waals surface area (Å²) in [7, 11) is 2.11. The average Bonchev–Trinajstić information content (AvgIpc) is 3.40. The van der Waals surface area contributed by atoms with Crippen molar-refractivity contribution in [2.24, 2.45) is 12.5 Å². The van der Waals surface area contributed by atoms with Crippen LogP contribution in [0.1, 0.15) is 90.1 Å². The van der Waals surface area contributed by atoms with Crippen LogP contribution in [0, 0.1) is 9.22 Å². The van der Waals surface area contributed by atoms with Gasteiger partial charge in [-0.1, -0.05) is 68.4 Å². The Morgan fingerprint density at radius 2 is 1.37 bits per heavy atom. The van der Waals surface area contributed by atoms with Gasteiger partial charge in [0.2, 0.25) is 0 Å². The summed E-state index contributed by atoms with van der Waals surface area (Å²) < 4.78 is 12.3. The summed E-state index contributed by atoms with van der Waals surface area (Å²) in [5, 5.41) is 0. The number of ether oxygens (including phenoxy) is 1. The molecule has 4 aromatic carbocycles. The number of anilines is 3. The van der Waals surface area contributed by atoms with Gasteiger partial charge < -0.3 is 0 Å². The monoisotopic (exact) mass is 855 g/mol. The molecule has 0 spiro atoms. The molecule has 0 unspecified atom stereocenters. The van der Waals surface area contributed by atoms with E-state index in [0.29, 0.717) is 0 Å². The van der Waals surface area contributed by atoms with E-state index < -0.39 is 0 Å². The predicted octanol–water partition coefficient (Wildman–Crippen LogP) is 11.5. The molecule has 1 aliphatic heterocycles. The van der Waals surface area contributed by atoms with Crippen molar-refractivity contribution in [3.05, 3.63) is 129 Å². The molecule has 264 valence electrons. The van der Waals surface area contributed by atoms with Gasteiger partial charge in [-0.3, -0.25) is 0 Å². The minimum atomic E-state index is -0.0109. The standard InChI is InChI=1S/C45H48N4O.Pt/c1-42(2,3)31-20-21-46-41(24-31)49-39-26-34(50-33-15-13-14-32(25-33)48-28-47(10)37-16-11-12-17-38(37)48)19-18-29(39)22-30-23-35-36(27-40(30)49)44(6,7)45(8,9)43(35,4)5;/h11-21,23-27H,22H2,1-10H3;. The molecule has 5 nitrogen and oxygen atoms in total. The second-order valence-electron chi connectivity index (χ2n) is 17.1. The van der Waals surface area contributed by atoms with E-state index in [4.69, 9.17) is 9.72 Å². The third-order valence-electron chi connectivity index (χ3n) is 12.7. The first-order valence-corrected chi connectivity index (χ1v) is 19.1. The quantitative estimate of drug-likeness (QED) is 0.177. The van der Waals surface area contributed by atoms with Gasteiger partial charge in [-0.05, 0) is 44.4 Å². The van der Waals surface area contributed by atoms with E-state index in [1.165, 1.54) is 39.0 Å². The van der Waals surface area contributed by atoms with E-state index in [1.54, 1.807) is 0 Å². The zero-order valence-corrected chi connectivity index (χ0v) is 33.7. The summed E-state index contributed by atoms with van der Waals surface area (Å²) in [6.07, 6.45) is 2.82. The number of hydrogen-bond acceptors (Lipinski definition) is 3. The van der Waals surface area contributed by atoms with Gasteiger partial charge in [-0.2, -0.15) is 0 Å². The number of hydrogen-bond donors (Lipinski definition) is 0. The number of aromatic nitrogens is 3. The Morgan fingerprint density at radius 3 is 2.10 bits per heavy atom. The molecular weight excluding hydrogens is 808 g/mol. The van der Waals surface area contributed by atoms with Crippen molar-refractivity contribution in [1.82, 2.24) is 14.1 Å². The number of fused-ring (bicyclic) bond motifs is 4.